The predicted octanol–water partition coefficient (Wildman–Crippen LogP) is 1.61. The van der Waals surface area contributed by atoms with Gasteiger partial charge in [0.15, 0.2) is 0 Å². The topological polar surface area (TPSA) is 64.3 Å². The average Bonchev–Trinajstić information content (AvgIpc) is 2.25. The first-order valence-electron chi connectivity index (χ1n) is 6.23. The molecule has 17 heavy (non-hydrogen) atoms. The molecule has 0 aromatic carbocycles. The van der Waals surface area contributed by atoms with Gasteiger partial charge in [0.2, 0.25) is 5.91 Å². The van der Waals surface area contributed by atoms with Crippen molar-refractivity contribution in [3.8, 4) is 0 Å². The van der Waals surface area contributed by atoms with Gasteiger partial charge in [-0.2, -0.15) is 0 Å². The van der Waals surface area contributed by atoms with E-state index in [1.807, 2.05) is 13.8 Å². The van der Waals surface area contributed by atoms with Crippen LogP contribution in [0.1, 0.15) is 46.0 Å². The van der Waals surface area contributed by atoms with Crippen LogP contribution in [-0.2, 0) is 9.53 Å². The number of amides is 1. The van der Waals surface area contributed by atoms with Crippen LogP contribution in [0.25, 0.3) is 0 Å². The summed E-state index contributed by atoms with van der Waals surface area (Å²) in [5.41, 5.74) is 5.46. The normalized spacial score (nSPS) is 18.6. The molecular formula is C12H25ClN2O2. The number of hydrogen-bond acceptors (Lipinski definition) is 3. The Kier molecular flexibility index (Phi) is 7.75. The van der Waals surface area contributed by atoms with Gasteiger partial charge in [0, 0.05) is 6.54 Å². The predicted molar refractivity (Wildman–Crippen MR) is 71.3 cm³/mol. The molecule has 1 aliphatic rings. The van der Waals surface area contributed by atoms with Crippen molar-refractivity contribution < 1.29 is 9.53 Å². The van der Waals surface area contributed by atoms with Gasteiger partial charge < -0.3 is 15.8 Å². The van der Waals surface area contributed by atoms with Crippen molar-refractivity contribution >= 4 is 18.3 Å². The lowest BCUT2D eigenvalue weighted by molar-refractivity contribution is -0.127. The molecular weight excluding hydrogens is 240 g/mol. The maximum absolute atomic E-state index is 11.9. The van der Waals surface area contributed by atoms with Crippen molar-refractivity contribution in [1.29, 1.82) is 0 Å². The monoisotopic (exact) mass is 264 g/mol. The molecule has 1 aliphatic carbocycles. The molecule has 0 atom stereocenters. The molecule has 0 saturated heterocycles. The number of hydrogen-bond donors (Lipinski definition) is 2. The minimum absolute atomic E-state index is 0. The van der Waals surface area contributed by atoms with Crippen LogP contribution in [0.4, 0.5) is 0 Å². The Bertz CT molecular complexity index is 229. The third-order valence-corrected chi connectivity index (χ3v) is 3.04. The highest BCUT2D eigenvalue weighted by Gasteiger charge is 2.34. The molecule has 3 N–H and O–H groups in total. The minimum Gasteiger partial charge on any atom is -0.377 e. The lowest BCUT2D eigenvalue weighted by Gasteiger charge is -2.31. The van der Waals surface area contributed by atoms with Gasteiger partial charge in [-0.25, -0.2) is 0 Å². The largest absolute Gasteiger partial charge is 0.377 e. The molecule has 0 unspecified atom stereocenters. The van der Waals surface area contributed by atoms with Crippen molar-refractivity contribution in [2.24, 2.45) is 5.73 Å². The quantitative estimate of drug-likeness (QED) is 0.742. The average molecular weight is 265 g/mol. The highest BCUT2D eigenvalue weighted by atomic mass is 35.5. The van der Waals surface area contributed by atoms with E-state index in [1.54, 1.807) is 0 Å². The summed E-state index contributed by atoms with van der Waals surface area (Å²) in [7, 11) is 0. The Hall–Kier alpha value is -0.320. The Balaban J connectivity index is 0.00000256. The number of halogens is 1. The van der Waals surface area contributed by atoms with Gasteiger partial charge in [0.1, 0.15) is 0 Å². The summed E-state index contributed by atoms with van der Waals surface area (Å²) >= 11 is 0. The zero-order valence-electron chi connectivity index (χ0n) is 10.8. The molecule has 1 fully saturated rings. The van der Waals surface area contributed by atoms with Crippen LogP contribution >= 0.6 is 12.4 Å². The first-order valence-corrected chi connectivity index (χ1v) is 6.23. The van der Waals surface area contributed by atoms with Crippen LogP contribution in [-0.4, -0.2) is 30.7 Å². The van der Waals surface area contributed by atoms with E-state index >= 15 is 0 Å². The van der Waals surface area contributed by atoms with Crippen molar-refractivity contribution in [1.82, 2.24) is 5.32 Å². The first kappa shape index (κ1) is 16.7. The summed E-state index contributed by atoms with van der Waals surface area (Å²) in [6.45, 7) is 5.07. The molecule has 0 bridgehead atoms. The highest BCUT2D eigenvalue weighted by molar-refractivity contribution is 5.86. The molecule has 1 amide bonds. The summed E-state index contributed by atoms with van der Waals surface area (Å²) in [6, 6.07) is 0. The molecule has 102 valence electrons. The van der Waals surface area contributed by atoms with Gasteiger partial charge in [-0.05, 0) is 26.7 Å². The van der Waals surface area contributed by atoms with E-state index < -0.39 is 5.54 Å². The van der Waals surface area contributed by atoms with Crippen molar-refractivity contribution in [2.75, 3.05) is 13.2 Å². The van der Waals surface area contributed by atoms with Crippen LogP contribution in [0.15, 0.2) is 0 Å². The van der Waals surface area contributed by atoms with E-state index in [4.69, 9.17) is 10.5 Å². The van der Waals surface area contributed by atoms with E-state index in [2.05, 4.69) is 5.32 Å². The molecule has 0 aromatic rings. The third-order valence-electron chi connectivity index (χ3n) is 3.04. The second-order valence-electron chi connectivity index (χ2n) is 4.89. The van der Waals surface area contributed by atoms with E-state index in [-0.39, 0.29) is 24.4 Å². The van der Waals surface area contributed by atoms with Gasteiger partial charge in [0.25, 0.3) is 0 Å². The zero-order chi connectivity index (χ0) is 12.0. The third kappa shape index (κ3) is 5.70. The standard InChI is InChI=1S/C12H24N2O2.ClH/c1-10(2)16-9-8-14-11(15)12(13)6-4-3-5-7-12;/h10H,3-9,13H2,1-2H3,(H,14,15);1H. The molecule has 0 heterocycles. The lowest BCUT2D eigenvalue weighted by atomic mass is 9.82. The summed E-state index contributed by atoms with van der Waals surface area (Å²) in [5.74, 6) is -0.0143. The number of nitrogens with two attached hydrogens (primary N) is 1. The Labute approximate surface area is 110 Å². The van der Waals surface area contributed by atoms with Gasteiger partial charge in [-0.15, -0.1) is 12.4 Å². The summed E-state index contributed by atoms with van der Waals surface area (Å²) in [6.07, 6.45) is 5.15. The number of ether oxygens (including phenoxy) is 1. The Morgan fingerprint density at radius 2 is 1.94 bits per heavy atom. The number of carbonyl (C=O) groups is 1. The van der Waals surface area contributed by atoms with E-state index in [0.717, 1.165) is 25.7 Å². The smallest absolute Gasteiger partial charge is 0.240 e. The minimum atomic E-state index is -0.629. The van der Waals surface area contributed by atoms with Gasteiger partial charge in [-0.3, -0.25) is 4.79 Å². The fraction of sp³-hybridized carbons (Fsp3) is 0.917. The molecule has 0 spiro atoms. The van der Waals surface area contributed by atoms with Crippen LogP contribution in [0.5, 0.6) is 0 Å². The maximum atomic E-state index is 11.9. The van der Waals surface area contributed by atoms with E-state index in [1.165, 1.54) is 6.42 Å². The SMILES string of the molecule is CC(C)OCCNC(=O)C1(N)CCCCC1.Cl. The fourth-order valence-corrected chi connectivity index (χ4v) is 2.04. The zero-order valence-corrected chi connectivity index (χ0v) is 11.6. The van der Waals surface area contributed by atoms with E-state index in [0.29, 0.717) is 13.2 Å². The first-order chi connectivity index (χ1) is 7.54. The molecule has 0 aliphatic heterocycles. The van der Waals surface area contributed by atoms with Crippen molar-refractivity contribution in [3.05, 3.63) is 0 Å². The maximum Gasteiger partial charge on any atom is 0.240 e. The molecule has 4 nitrogen and oxygen atoms in total. The number of nitrogens with one attached hydrogen (secondary N) is 1. The van der Waals surface area contributed by atoms with Gasteiger partial charge in [0.05, 0.1) is 18.2 Å². The molecule has 1 saturated carbocycles. The molecule has 0 radical (unpaired) electrons. The van der Waals surface area contributed by atoms with Crippen molar-refractivity contribution in [3.63, 3.8) is 0 Å². The van der Waals surface area contributed by atoms with Gasteiger partial charge in [-0.1, -0.05) is 19.3 Å². The second kappa shape index (κ2) is 7.90. The Morgan fingerprint density at radius 1 is 1.35 bits per heavy atom. The molecule has 0 aromatic heterocycles. The summed E-state index contributed by atoms with van der Waals surface area (Å²) in [5, 5.41) is 2.86. The van der Waals surface area contributed by atoms with Gasteiger partial charge >= 0.3 is 0 Å². The fourth-order valence-electron chi connectivity index (χ4n) is 2.04. The molecule has 5 heteroatoms. The van der Waals surface area contributed by atoms with Crippen LogP contribution in [0, 0.1) is 0 Å². The highest BCUT2D eigenvalue weighted by Crippen LogP contribution is 2.25. The lowest BCUT2D eigenvalue weighted by Crippen LogP contribution is -2.55. The Morgan fingerprint density at radius 3 is 2.47 bits per heavy atom. The number of carbonyl (C=O) groups excluding carboxylic acids is 1. The molecule has 1 rings (SSSR count). The summed E-state index contributed by atoms with van der Waals surface area (Å²) in [4.78, 5) is 11.9. The van der Waals surface area contributed by atoms with Crippen LogP contribution < -0.4 is 11.1 Å². The summed E-state index contributed by atoms with van der Waals surface area (Å²) < 4.78 is 5.36. The second-order valence-corrected chi connectivity index (χ2v) is 4.89. The van der Waals surface area contributed by atoms with Crippen LogP contribution in [0.2, 0.25) is 0 Å². The van der Waals surface area contributed by atoms with Crippen molar-refractivity contribution in [2.45, 2.75) is 57.6 Å². The van der Waals surface area contributed by atoms with E-state index in [9.17, 15) is 4.79 Å². The van der Waals surface area contributed by atoms with Crippen LogP contribution in [0.3, 0.4) is 0 Å². The number of rotatable bonds is 5.